The molecule has 8 heteroatoms. The van der Waals surface area contributed by atoms with Crippen molar-refractivity contribution in [1.82, 2.24) is 14.5 Å². The van der Waals surface area contributed by atoms with Gasteiger partial charge in [-0.05, 0) is 50.2 Å². The fraction of sp³-hybridized carbons (Fsp3) is 0.217. The summed E-state index contributed by atoms with van der Waals surface area (Å²) in [6, 6.07) is 13.3. The zero-order valence-electron chi connectivity index (χ0n) is 17.1. The average Bonchev–Trinajstić information content (AvgIpc) is 3.31. The maximum absolute atomic E-state index is 13.0. The number of hydrogen-bond donors (Lipinski definition) is 1. The van der Waals surface area contributed by atoms with Crippen LogP contribution in [0, 0.1) is 13.8 Å². The van der Waals surface area contributed by atoms with Crippen molar-refractivity contribution in [3.8, 4) is 17.2 Å². The van der Waals surface area contributed by atoms with Crippen LogP contribution in [-0.2, 0) is 0 Å². The number of nitrogens with zero attached hydrogens (tertiary/aromatic N) is 2. The molecule has 6 nitrogen and oxygen atoms in total. The molecule has 3 heterocycles. The quantitative estimate of drug-likeness (QED) is 0.325. The molecule has 2 aromatic heterocycles. The molecular weight excluding hydrogens is 434 g/mol. The van der Waals surface area contributed by atoms with Crippen molar-refractivity contribution in [3.63, 3.8) is 0 Å². The van der Waals surface area contributed by atoms with E-state index in [1.54, 1.807) is 6.07 Å². The Labute approximate surface area is 188 Å². The van der Waals surface area contributed by atoms with Crippen molar-refractivity contribution in [2.75, 3.05) is 19.0 Å². The van der Waals surface area contributed by atoms with Gasteiger partial charge >= 0.3 is 0 Å². The van der Waals surface area contributed by atoms with E-state index in [9.17, 15) is 4.79 Å². The van der Waals surface area contributed by atoms with Gasteiger partial charge in [-0.15, -0.1) is 0 Å². The molecule has 158 valence electrons. The van der Waals surface area contributed by atoms with Crippen molar-refractivity contribution in [3.05, 3.63) is 64.4 Å². The van der Waals surface area contributed by atoms with E-state index >= 15 is 0 Å². The smallest absolute Gasteiger partial charge is 0.175 e. The first-order chi connectivity index (χ1) is 15.0. The zero-order chi connectivity index (χ0) is 21.5. The number of nitrogens with one attached hydrogen (secondary N) is 1. The highest BCUT2D eigenvalue weighted by Gasteiger charge is 2.19. The molecule has 0 bridgehead atoms. The predicted octanol–water partition coefficient (Wildman–Crippen LogP) is 5.37. The third-order valence-corrected chi connectivity index (χ3v) is 6.39. The van der Waals surface area contributed by atoms with Crippen molar-refractivity contribution in [2.45, 2.75) is 19.0 Å². The summed E-state index contributed by atoms with van der Waals surface area (Å²) < 4.78 is 13.4. The molecule has 0 amide bonds. The second-order valence-electron chi connectivity index (χ2n) is 7.36. The molecule has 0 fully saturated rings. The lowest BCUT2D eigenvalue weighted by Crippen LogP contribution is -2.15. The zero-order valence-corrected chi connectivity index (χ0v) is 18.6. The Morgan fingerprint density at radius 1 is 1.13 bits per heavy atom. The van der Waals surface area contributed by atoms with E-state index in [0.717, 1.165) is 39.6 Å². The molecule has 5 rings (SSSR count). The van der Waals surface area contributed by atoms with Crippen LogP contribution in [0.4, 0.5) is 0 Å². The minimum atomic E-state index is 0.0559. The summed E-state index contributed by atoms with van der Waals surface area (Å²) in [4.78, 5) is 20.7. The summed E-state index contributed by atoms with van der Waals surface area (Å²) >= 11 is 7.42. The average molecular weight is 454 g/mol. The van der Waals surface area contributed by atoms with Gasteiger partial charge in [-0.25, -0.2) is 4.98 Å². The summed E-state index contributed by atoms with van der Waals surface area (Å²) in [7, 11) is 0. The van der Waals surface area contributed by atoms with Gasteiger partial charge < -0.3 is 19.0 Å². The van der Waals surface area contributed by atoms with Crippen molar-refractivity contribution in [2.24, 2.45) is 0 Å². The van der Waals surface area contributed by atoms with Crippen molar-refractivity contribution >= 4 is 40.2 Å². The molecule has 31 heavy (non-hydrogen) atoms. The number of aromatic amines is 1. The van der Waals surface area contributed by atoms with Gasteiger partial charge in [0.05, 0.1) is 16.8 Å². The molecule has 0 saturated carbocycles. The van der Waals surface area contributed by atoms with Gasteiger partial charge in [0.25, 0.3) is 0 Å². The Kier molecular flexibility index (Phi) is 5.16. The second kappa shape index (κ2) is 7.98. The SMILES string of the molecule is Cc1cc(C(=O)CSc2nc3ccc(Cl)cc3[nH]2)c(C)n1-c1ccc2c(c1)OCCO2. The molecule has 0 saturated heterocycles. The fourth-order valence-corrected chi connectivity index (χ4v) is 4.79. The van der Waals surface area contributed by atoms with Gasteiger partial charge in [0.2, 0.25) is 0 Å². The molecule has 1 aliphatic rings. The van der Waals surface area contributed by atoms with E-state index < -0.39 is 0 Å². The number of ketones is 1. The molecule has 0 atom stereocenters. The third-order valence-electron chi connectivity index (χ3n) is 5.28. The first-order valence-electron chi connectivity index (χ1n) is 9.90. The topological polar surface area (TPSA) is 69.1 Å². The Bertz CT molecular complexity index is 1310. The van der Waals surface area contributed by atoms with Crippen molar-refractivity contribution < 1.29 is 14.3 Å². The third kappa shape index (κ3) is 3.79. The van der Waals surface area contributed by atoms with Crippen LogP contribution in [0.5, 0.6) is 11.5 Å². The van der Waals surface area contributed by atoms with Gasteiger partial charge in [-0.3, -0.25) is 4.79 Å². The molecule has 0 unspecified atom stereocenters. The summed E-state index contributed by atoms with van der Waals surface area (Å²) in [5, 5.41) is 1.35. The maximum Gasteiger partial charge on any atom is 0.175 e. The summed E-state index contributed by atoms with van der Waals surface area (Å²) in [6.45, 7) is 5.05. The minimum Gasteiger partial charge on any atom is -0.486 e. The van der Waals surface area contributed by atoms with E-state index in [0.29, 0.717) is 34.7 Å². The summed E-state index contributed by atoms with van der Waals surface area (Å²) in [5.41, 5.74) is 5.23. The molecule has 1 aliphatic heterocycles. The largest absolute Gasteiger partial charge is 0.486 e. The van der Waals surface area contributed by atoms with Crippen LogP contribution < -0.4 is 9.47 Å². The normalized spacial score (nSPS) is 13.0. The highest BCUT2D eigenvalue weighted by atomic mass is 35.5. The molecular formula is C23H20ClN3O3S. The number of hydrogen-bond acceptors (Lipinski definition) is 5. The lowest BCUT2D eigenvalue weighted by atomic mass is 10.2. The number of imidazole rings is 1. The molecule has 0 spiro atoms. The van der Waals surface area contributed by atoms with Crippen LogP contribution in [0.3, 0.4) is 0 Å². The highest BCUT2D eigenvalue weighted by Crippen LogP contribution is 2.34. The molecule has 0 aliphatic carbocycles. The number of halogens is 1. The number of Topliss-reactive ketones (excluding diaryl/α,β-unsaturated/α-hetero) is 1. The molecule has 4 aromatic rings. The Hall–Kier alpha value is -2.90. The van der Waals surface area contributed by atoms with E-state index in [1.165, 1.54) is 11.8 Å². The first kappa shape index (κ1) is 20.0. The van der Waals surface area contributed by atoms with Gasteiger partial charge in [0.1, 0.15) is 13.2 Å². The number of aromatic nitrogens is 3. The van der Waals surface area contributed by atoms with Crippen LogP contribution in [0.2, 0.25) is 5.02 Å². The van der Waals surface area contributed by atoms with E-state index in [-0.39, 0.29) is 5.78 Å². The standard InChI is InChI=1S/C23H20ClN3O3S/c1-13-9-17(14(2)27(13)16-4-6-21-22(11-16)30-8-7-29-21)20(28)12-31-23-25-18-5-3-15(24)10-19(18)26-23/h3-6,9-11H,7-8,12H2,1-2H3,(H,25,26). The molecule has 1 N–H and O–H groups in total. The second-order valence-corrected chi connectivity index (χ2v) is 8.76. The number of carbonyl (C=O) groups is 1. The van der Waals surface area contributed by atoms with Crippen LogP contribution in [0.15, 0.2) is 47.6 Å². The fourth-order valence-electron chi connectivity index (χ4n) is 3.85. The van der Waals surface area contributed by atoms with Crippen LogP contribution in [0.25, 0.3) is 16.7 Å². The van der Waals surface area contributed by atoms with E-state index in [1.807, 2.05) is 50.2 Å². The summed E-state index contributed by atoms with van der Waals surface area (Å²) in [6.07, 6.45) is 0. The van der Waals surface area contributed by atoms with E-state index in [2.05, 4.69) is 14.5 Å². The lowest BCUT2D eigenvalue weighted by molar-refractivity contribution is 0.102. The van der Waals surface area contributed by atoms with Crippen LogP contribution in [0.1, 0.15) is 21.7 Å². The predicted molar refractivity (Wildman–Crippen MR) is 122 cm³/mol. The van der Waals surface area contributed by atoms with Gasteiger partial charge in [0, 0.05) is 33.7 Å². The number of aryl methyl sites for hydroxylation is 1. The van der Waals surface area contributed by atoms with Gasteiger partial charge in [-0.1, -0.05) is 23.4 Å². The molecule has 0 radical (unpaired) electrons. The number of carbonyl (C=O) groups excluding carboxylic acids is 1. The van der Waals surface area contributed by atoms with Crippen LogP contribution >= 0.6 is 23.4 Å². The number of ether oxygens (including phenoxy) is 2. The minimum absolute atomic E-state index is 0.0559. The number of fused-ring (bicyclic) bond motifs is 2. The summed E-state index contributed by atoms with van der Waals surface area (Å²) in [5.74, 6) is 1.82. The Morgan fingerprint density at radius 2 is 1.94 bits per heavy atom. The number of benzene rings is 2. The Balaban J connectivity index is 1.37. The van der Waals surface area contributed by atoms with Crippen molar-refractivity contribution in [1.29, 1.82) is 0 Å². The first-order valence-corrected chi connectivity index (χ1v) is 11.3. The monoisotopic (exact) mass is 453 g/mol. The lowest BCUT2D eigenvalue weighted by Gasteiger charge is -2.20. The number of rotatable bonds is 5. The number of H-pyrrole nitrogens is 1. The van der Waals surface area contributed by atoms with Gasteiger partial charge in [-0.2, -0.15) is 0 Å². The van der Waals surface area contributed by atoms with E-state index in [4.69, 9.17) is 21.1 Å². The van der Waals surface area contributed by atoms with Crippen LogP contribution in [-0.4, -0.2) is 39.3 Å². The highest BCUT2D eigenvalue weighted by molar-refractivity contribution is 7.99. The molecule has 2 aromatic carbocycles. The number of thioether (sulfide) groups is 1. The van der Waals surface area contributed by atoms with Gasteiger partial charge in [0.15, 0.2) is 22.4 Å². The Morgan fingerprint density at radius 3 is 2.77 bits per heavy atom. The maximum atomic E-state index is 13.0.